The van der Waals surface area contributed by atoms with Gasteiger partial charge >= 0.3 is 6.09 Å². The van der Waals surface area contributed by atoms with Crippen molar-refractivity contribution >= 4 is 11.9 Å². The van der Waals surface area contributed by atoms with Gasteiger partial charge in [-0.3, -0.25) is 9.69 Å². The molecule has 4 heteroatoms. The second-order valence-electron chi connectivity index (χ2n) is 5.78. The van der Waals surface area contributed by atoms with Crippen LogP contribution >= 0.6 is 0 Å². The first-order valence-electron chi connectivity index (χ1n) is 7.96. The summed E-state index contributed by atoms with van der Waals surface area (Å²) in [6, 6.07) is 19.2. The number of hydrogen-bond donors (Lipinski definition) is 0. The summed E-state index contributed by atoms with van der Waals surface area (Å²) >= 11 is 0. The van der Waals surface area contributed by atoms with Gasteiger partial charge in [-0.25, -0.2) is 4.79 Å². The van der Waals surface area contributed by atoms with Crippen molar-refractivity contribution < 1.29 is 14.3 Å². The van der Waals surface area contributed by atoms with E-state index in [2.05, 4.69) is 0 Å². The molecule has 0 bridgehead atoms. The summed E-state index contributed by atoms with van der Waals surface area (Å²) in [4.78, 5) is 25.7. The molecule has 0 saturated heterocycles. The van der Waals surface area contributed by atoms with Crippen LogP contribution in [0.15, 0.2) is 72.9 Å². The Bertz CT molecular complexity index is 725. The molecule has 0 aliphatic carbocycles. The van der Waals surface area contributed by atoms with Crippen molar-refractivity contribution in [1.29, 1.82) is 0 Å². The lowest BCUT2D eigenvalue weighted by molar-refractivity contribution is -0.116. The predicted molar refractivity (Wildman–Crippen MR) is 91.2 cm³/mol. The van der Waals surface area contributed by atoms with Crippen LogP contribution in [0, 0.1) is 0 Å². The van der Waals surface area contributed by atoms with Crippen molar-refractivity contribution in [2.24, 2.45) is 0 Å². The smallest absolute Gasteiger partial charge is 0.414 e. The van der Waals surface area contributed by atoms with E-state index in [4.69, 9.17) is 4.74 Å². The number of hydrogen-bond acceptors (Lipinski definition) is 3. The maximum atomic E-state index is 12.4. The number of allylic oxidation sites excluding steroid dienone is 1. The van der Waals surface area contributed by atoms with Crippen LogP contribution in [0.4, 0.5) is 4.79 Å². The molecular formula is C20H19NO3. The van der Waals surface area contributed by atoms with Gasteiger partial charge in [0.05, 0.1) is 6.04 Å². The first kappa shape index (κ1) is 16.0. The Kier molecular flexibility index (Phi) is 5.06. The van der Waals surface area contributed by atoms with Gasteiger partial charge in [0.25, 0.3) is 0 Å². The minimum absolute atomic E-state index is 0.0306. The first-order valence-corrected chi connectivity index (χ1v) is 7.96. The molecule has 1 heterocycles. The van der Waals surface area contributed by atoms with Crippen LogP contribution in [0.25, 0.3) is 0 Å². The van der Waals surface area contributed by atoms with Gasteiger partial charge < -0.3 is 4.74 Å². The van der Waals surface area contributed by atoms with E-state index in [9.17, 15) is 9.59 Å². The Labute approximate surface area is 141 Å². The zero-order chi connectivity index (χ0) is 16.8. The summed E-state index contributed by atoms with van der Waals surface area (Å²) in [7, 11) is 0. The quantitative estimate of drug-likeness (QED) is 0.862. The van der Waals surface area contributed by atoms with Gasteiger partial charge in [-0.1, -0.05) is 60.7 Å². The van der Waals surface area contributed by atoms with Crippen LogP contribution in [0.1, 0.15) is 17.5 Å². The van der Waals surface area contributed by atoms with E-state index in [0.717, 1.165) is 11.1 Å². The van der Waals surface area contributed by atoms with E-state index in [1.807, 2.05) is 60.7 Å². The number of benzene rings is 2. The van der Waals surface area contributed by atoms with Gasteiger partial charge in [0.15, 0.2) is 5.78 Å². The fourth-order valence-electron chi connectivity index (χ4n) is 2.74. The molecule has 2 aromatic carbocycles. The van der Waals surface area contributed by atoms with Crippen LogP contribution < -0.4 is 0 Å². The second-order valence-corrected chi connectivity index (χ2v) is 5.78. The summed E-state index contributed by atoms with van der Waals surface area (Å²) in [6.07, 6.45) is 3.48. The zero-order valence-electron chi connectivity index (χ0n) is 13.3. The summed E-state index contributed by atoms with van der Waals surface area (Å²) in [5.41, 5.74) is 2.02. The lowest BCUT2D eigenvalue weighted by atomic mass is 9.98. The van der Waals surface area contributed by atoms with Crippen molar-refractivity contribution in [3.63, 3.8) is 0 Å². The topological polar surface area (TPSA) is 46.6 Å². The highest BCUT2D eigenvalue weighted by molar-refractivity contribution is 5.92. The molecule has 0 saturated carbocycles. The number of carbonyl (C=O) groups excluding carboxylic acids is 2. The monoisotopic (exact) mass is 321 g/mol. The Hall–Kier alpha value is -2.88. The third kappa shape index (κ3) is 4.10. The van der Waals surface area contributed by atoms with E-state index < -0.39 is 6.09 Å². The normalized spacial score (nSPS) is 16.9. The number of carbonyl (C=O) groups is 2. The van der Waals surface area contributed by atoms with Gasteiger partial charge in [-0.2, -0.15) is 0 Å². The molecule has 24 heavy (non-hydrogen) atoms. The summed E-state index contributed by atoms with van der Waals surface area (Å²) in [6.45, 7) is 0.218. The average molecular weight is 321 g/mol. The largest absolute Gasteiger partial charge is 0.444 e. The van der Waals surface area contributed by atoms with Gasteiger partial charge in [-0.15, -0.1) is 0 Å². The number of nitrogens with zero attached hydrogens (tertiary/aromatic N) is 1. The van der Waals surface area contributed by atoms with Crippen molar-refractivity contribution in [2.75, 3.05) is 0 Å². The number of ketones is 1. The molecule has 1 aliphatic heterocycles. The van der Waals surface area contributed by atoms with E-state index in [1.165, 1.54) is 17.2 Å². The van der Waals surface area contributed by atoms with E-state index >= 15 is 0 Å². The Morgan fingerprint density at radius 3 is 2.29 bits per heavy atom. The maximum Gasteiger partial charge on any atom is 0.414 e. The molecular weight excluding hydrogens is 302 g/mol. The summed E-state index contributed by atoms with van der Waals surface area (Å²) in [5.74, 6) is 0.0306. The minimum atomic E-state index is -0.427. The summed E-state index contributed by atoms with van der Waals surface area (Å²) in [5, 5.41) is 0. The molecule has 0 fully saturated rings. The maximum absolute atomic E-state index is 12.4. The minimum Gasteiger partial charge on any atom is -0.444 e. The van der Waals surface area contributed by atoms with Crippen LogP contribution in [-0.2, 0) is 22.6 Å². The average Bonchev–Trinajstić information content (AvgIpc) is 2.62. The predicted octanol–water partition coefficient (Wildman–Crippen LogP) is 3.72. The molecule has 0 unspecified atom stereocenters. The Morgan fingerprint density at radius 2 is 1.62 bits per heavy atom. The SMILES string of the molecule is O=C1C=CN(C(=O)OCc2ccccc2)[C@@H](Cc2ccccc2)C1. The van der Waals surface area contributed by atoms with E-state index in [1.54, 1.807) is 0 Å². The van der Waals surface area contributed by atoms with Crippen molar-refractivity contribution in [1.82, 2.24) is 4.90 Å². The Balaban J connectivity index is 1.67. The standard InChI is InChI=1S/C20H19NO3/c22-19-11-12-21(18(14-19)13-16-7-3-1-4-8-16)20(23)24-15-17-9-5-2-6-10-17/h1-12,18H,13-15H2/t18-/m0/s1. The molecule has 1 amide bonds. The number of rotatable bonds is 4. The molecule has 3 rings (SSSR count). The molecule has 4 nitrogen and oxygen atoms in total. The number of amides is 1. The third-order valence-electron chi connectivity index (χ3n) is 3.98. The molecule has 0 spiro atoms. The van der Waals surface area contributed by atoms with Crippen molar-refractivity contribution in [3.05, 3.63) is 84.1 Å². The lowest BCUT2D eigenvalue weighted by Gasteiger charge is -2.30. The molecule has 0 aromatic heterocycles. The Morgan fingerprint density at radius 1 is 1.00 bits per heavy atom. The molecule has 0 radical (unpaired) electrons. The van der Waals surface area contributed by atoms with E-state index in [0.29, 0.717) is 12.8 Å². The highest BCUT2D eigenvalue weighted by Crippen LogP contribution is 2.19. The third-order valence-corrected chi connectivity index (χ3v) is 3.98. The highest BCUT2D eigenvalue weighted by atomic mass is 16.6. The van der Waals surface area contributed by atoms with Gasteiger partial charge in [-0.05, 0) is 23.6 Å². The van der Waals surface area contributed by atoms with Crippen LogP contribution in [0.3, 0.4) is 0 Å². The van der Waals surface area contributed by atoms with Gasteiger partial charge in [0.2, 0.25) is 0 Å². The van der Waals surface area contributed by atoms with E-state index in [-0.39, 0.29) is 18.4 Å². The van der Waals surface area contributed by atoms with Crippen LogP contribution in [0.2, 0.25) is 0 Å². The first-order chi connectivity index (χ1) is 11.7. The zero-order valence-corrected chi connectivity index (χ0v) is 13.3. The molecule has 1 aliphatic rings. The fraction of sp³-hybridized carbons (Fsp3) is 0.200. The molecule has 2 aromatic rings. The summed E-state index contributed by atoms with van der Waals surface area (Å²) < 4.78 is 5.40. The molecule has 0 N–H and O–H groups in total. The number of ether oxygens (including phenoxy) is 1. The lowest BCUT2D eigenvalue weighted by Crippen LogP contribution is -2.41. The highest BCUT2D eigenvalue weighted by Gasteiger charge is 2.28. The van der Waals surface area contributed by atoms with Gasteiger partial charge in [0.1, 0.15) is 6.61 Å². The van der Waals surface area contributed by atoms with Crippen LogP contribution in [0.5, 0.6) is 0 Å². The second kappa shape index (κ2) is 7.59. The van der Waals surface area contributed by atoms with Crippen molar-refractivity contribution in [2.45, 2.75) is 25.5 Å². The van der Waals surface area contributed by atoms with Gasteiger partial charge in [0, 0.05) is 12.6 Å². The molecule has 122 valence electrons. The molecule has 1 atom stereocenters. The van der Waals surface area contributed by atoms with Crippen molar-refractivity contribution in [3.8, 4) is 0 Å². The van der Waals surface area contributed by atoms with Crippen LogP contribution in [-0.4, -0.2) is 22.8 Å². The fourth-order valence-corrected chi connectivity index (χ4v) is 2.74.